The van der Waals surface area contributed by atoms with E-state index < -0.39 is 5.60 Å². The minimum absolute atomic E-state index is 0.181. The number of anilines is 1. The standard InChI is InChI=1S/C23H22ClN7O/c1-23(2,32)19-8-3-5-13(26-19)11-31-12-18(29-30-31)21-16-10-9-14-15(6-4-7-17(14)24)20(16)27-22(25)28-21/h3-8,12,32H,9-11H2,1-2H3,(H2,25,27,28). The van der Waals surface area contributed by atoms with Crippen LogP contribution in [0.15, 0.2) is 42.6 Å². The quantitative estimate of drug-likeness (QED) is 0.492. The van der Waals surface area contributed by atoms with Crippen molar-refractivity contribution >= 4 is 17.5 Å². The number of nitrogens with two attached hydrogens (primary N) is 1. The summed E-state index contributed by atoms with van der Waals surface area (Å²) in [4.78, 5) is 13.5. The van der Waals surface area contributed by atoms with Crippen molar-refractivity contribution in [2.24, 2.45) is 0 Å². The minimum atomic E-state index is -1.01. The molecule has 0 unspecified atom stereocenters. The van der Waals surface area contributed by atoms with Gasteiger partial charge in [0.05, 0.1) is 29.8 Å². The number of aliphatic hydroxyl groups is 1. The van der Waals surface area contributed by atoms with Gasteiger partial charge in [0, 0.05) is 16.1 Å². The summed E-state index contributed by atoms with van der Waals surface area (Å²) < 4.78 is 1.70. The molecule has 0 bridgehead atoms. The Bertz CT molecular complexity index is 1330. The smallest absolute Gasteiger partial charge is 0.221 e. The Balaban J connectivity index is 1.51. The zero-order valence-electron chi connectivity index (χ0n) is 17.7. The van der Waals surface area contributed by atoms with E-state index in [2.05, 4.69) is 25.3 Å². The van der Waals surface area contributed by atoms with E-state index in [-0.39, 0.29) is 5.95 Å². The zero-order valence-corrected chi connectivity index (χ0v) is 18.5. The van der Waals surface area contributed by atoms with E-state index in [0.29, 0.717) is 23.6 Å². The van der Waals surface area contributed by atoms with Gasteiger partial charge < -0.3 is 10.8 Å². The van der Waals surface area contributed by atoms with E-state index in [4.69, 9.17) is 17.3 Å². The maximum Gasteiger partial charge on any atom is 0.221 e. The number of rotatable bonds is 4. The Morgan fingerprint density at radius 3 is 2.59 bits per heavy atom. The zero-order chi connectivity index (χ0) is 22.5. The highest BCUT2D eigenvalue weighted by Gasteiger charge is 2.25. The van der Waals surface area contributed by atoms with Crippen LogP contribution >= 0.6 is 11.6 Å². The number of pyridine rings is 1. The second-order valence-corrected chi connectivity index (χ2v) is 8.81. The first-order chi connectivity index (χ1) is 15.3. The van der Waals surface area contributed by atoms with Gasteiger partial charge in [-0.2, -0.15) is 0 Å². The number of hydrogen-bond acceptors (Lipinski definition) is 7. The third-order valence-electron chi connectivity index (χ3n) is 5.56. The highest BCUT2D eigenvalue weighted by Crippen LogP contribution is 2.39. The SMILES string of the molecule is CC(C)(O)c1cccc(Cn2cc(-c3nc(N)nc4c3CCc3c(Cl)cccc3-4)nn2)n1. The lowest BCUT2D eigenvalue weighted by Gasteiger charge is -2.21. The molecule has 0 saturated heterocycles. The minimum Gasteiger partial charge on any atom is -0.384 e. The van der Waals surface area contributed by atoms with Gasteiger partial charge in [-0.3, -0.25) is 4.98 Å². The number of fused-ring (bicyclic) bond motifs is 3. The van der Waals surface area contributed by atoms with Crippen LogP contribution in [0.25, 0.3) is 22.6 Å². The molecule has 32 heavy (non-hydrogen) atoms. The molecule has 0 spiro atoms. The number of hydrogen-bond donors (Lipinski definition) is 2. The van der Waals surface area contributed by atoms with E-state index in [0.717, 1.165) is 45.9 Å². The third-order valence-corrected chi connectivity index (χ3v) is 5.92. The van der Waals surface area contributed by atoms with Crippen molar-refractivity contribution in [3.8, 4) is 22.6 Å². The monoisotopic (exact) mass is 447 g/mol. The molecule has 5 rings (SSSR count). The predicted octanol–water partition coefficient (Wildman–Crippen LogP) is 3.41. The summed E-state index contributed by atoms with van der Waals surface area (Å²) in [7, 11) is 0. The lowest BCUT2D eigenvalue weighted by atomic mass is 9.87. The first kappa shape index (κ1) is 20.5. The molecule has 0 fully saturated rings. The lowest BCUT2D eigenvalue weighted by molar-refractivity contribution is 0.0736. The molecule has 0 radical (unpaired) electrons. The summed E-state index contributed by atoms with van der Waals surface area (Å²) >= 11 is 6.40. The Morgan fingerprint density at radius 2 is 1.78 bits per heavy atom. The van der Waals surface area contributed by atoms with E-state index >= 15 is 0 Å². The fourth-order valence-corrected chi connectivity index (χ4v) is 4.28. The second kappa shape index (κ2) is 7.65. The van der Waals surface area contributed by atoms with Crippen molar-refractivity contribution in [3.05, 3.63) is 70.1 Å². The van der Waals surface area contributed by atoms with Gasteiger partial charge in [0.2, 0.25) is 5.95 Å². The molecule has 8 nitrogen and oxygen atoms in total. The molecular weight excluding hydrogens is 426 g/mol. The van der Waals surface area contributed by atoms with Crippen molar-refractivity contribution in [1.29, 1.82) is 0 Å². The molecule has 1 aromatic carbocycles. The third kappa shape index (κ3) is 3.72. The van der Waals surface area contributed by atoms with E-state index in [1.165, 1.54) is 0 Å². The van der Waals surface area contributed by atoms with Crippen LogP contribution in [-0.4, -0.2) is 35.1 Å². The molecule has 1 aliphatic carbocycles. The topological polar surface area (TPSA) is 116 Å². The highest BCUT2D eigenvalue weighted by molar-refractivity contribution is 6.31. The van der Waals surface area contributed by atoms with Crippen molar-refractivity contribution in [3.63, 3.8) is 0 Å². The molecule has 9 heteroatoms. The van der Waals surface area contributed by atoms with Gasteiger partial charge >= 0.3 is 0 Å². The normalized spacial score (nSPS) is 13.0. The fourth-order valence-electron chi connectivity index (χ4n) is 4.02. The predicted molar refractivity (Wildman–Crippen MR) is 122 cm³/mol. The Kier molecular flexibility index (Phi) is 4.91. The number of nitrogens with zero attached hydrogens (tertiary/aromatic N) is 6. The highest BCUT2D eigenvalue weighted by atomic mass is 35.5. The fraction of sp³-hybridized carbons (Fsp3) is 0.261. The Labute approximate surface area is 190 Å². The molecule has 0 atom stereocenters. The molecule has 4 aromatic rings. The number of benzene rings is 1. The first-order valence-electron chi connectivity index (χ1n) is 10.3. The van der Waals surface area contributed by atoms with Crippen molar-refractivity contribution in [2.75, 3.05) is 5.73 Å². The van der Waals surface area contributed by atoms with Crippen LogP contribution in [0.1, 0.15) is 36.4 Å². The molecule has 3 aromatic heterocycles. The van der Waals surface area contributed by atoms with Gasteiger partial charge in [-0.05, 0) is 50.5 Å². The Hall–Kier alpha value is -3.36. The average Bonchev–Trinajstić information content (AvgIpc) is 3.21. The lowest BCUT2D eigenvalue weighted by Crippen LogP contribution is -2.18. The van der Waals surface area contributed by atoms with E-state index in [1.54, 1.807) is 24.6 Å². The van der Waals surface area contributed by atoms with Crippen LogP contribution in [0, 0.1) is 0 Å². The van der Waals surface area contributed by atoms with Gasteiger partial charge in [0.1, 0.15) is 17.0 Å². The van der Waals surface area contributed by atoms with Crippen LogP contribution in [-0.2, 0) is 25.0 Å². The van der Waals surface area contributed by atoms with Gasteiger partial charge in [-0.15, -0.1) is 5.10 Å². The molecular formula is C23H22ClN7O. The maximum absolute atomic E-state index is 10.2. The molecule has 3 N–H and O–H groups in total. The summed E-state index contributed by atoms with van der Waals surface area (Å²) in [6, 6.07) is 11.4. The molecule has 1 aliphatic rings. The molecule has 162 valence electrons. The number of nitrogen functional groups attached to an aromatic ring is 1. The van der Waals surface area contributed by atoms with Crippen molar-refractivity contribution in [1.82, 2.24) is 29.9 Å². The molecule has 0 amide bonds. The van der Waals surface area contributed by atoms with Crippen molar-refractivity contribution < 1.29 is 5.11 Å². The van der Waals surface area contributed by atoms with Gasteiger partial charge in [-0.25, -0.2) is 14.6 Å². The summed E-state index contributed by atoms with van der Waals surface area (Å²) in [5.41, 5.74) is 11.6. The van der Waals surface area contributed by atoms with Gasteiger partial charge in [-0.1, -0.05) is 35.0 Å². The summed E-state index contributed by atoms with van der Waals surface area (Å²) in [5, 5.41) is 19.6. The molecule has 0 saturated carbocycles. The van der Waals surface area contributed by atoms with Gasteiger partial charge in [0.25, 0.3) is 0 Å². The first-order valence-corrected chi connectivity index (χ1v) is 10.7. The summed E-state index contributed by atoms with van der Waals surface area (Å²) in [6.07, 6.45) is 3.36. The van der Waals surface area contributed by atoms with E-state index in [9.17, 15) is 5.11 Å². The second-order valence-electron chi connectivity index (χ2n) is 8.40. The van der Waals surface area contributed by atoms with Crippen LogP contribution in [0.3, 0.4) is 0 Å². The van der Waals surface area contributed by atoms with Gasteiger partial charge in [0.15, 0.2) is 0 Å². The number of aromatic nitrogens is 6. The summed E-state index contributed by atoms with van der Waals surface area (Å²) in [6.45, 7) is 3.83. The largest absolute Gasteiger partial charge is 0.384 e. The molecule has 0 aliphatic heterocycles. The maximum atomic E-state index is 10.2. The molecule has 3 heterocycles. The van der Waals surface area contributed by atoms with E-state index in [1.807, 2.05) is 36.5 Å². The average molecular weight is 448 g/mol. The summed E-state index contributed by atoms with van der Waals surface area (Å²) in [5.74, 6) is 0.181. The van der Waals surface area contributed by atoms with Crippen LogP contribution in [0.4, 0.5) is 5.95 Å². The number of halogens is 1. The van der Waals surface area contributed by atoms with Crippen LogP contribution < -0.4 is 5.73 Å². The Morgan fingerprint density at radius 1 is 1.03 bits per heavy atom. The van der Waals surface area contributed by atoms with Crippen LogP contribution in [0.2, 0.25) is 5.02 Å². The van der Waals surface area contributed by atoms with Crippen molar-refractivity contribution in [2.45, 2.75) is 38.8 Å². The van der Waals surface area contributed by atoms with Crippen LogP contribution in [0.5, 0.6) is 0 Å².